The number of aliphatic hydroxyl groups is 5. The number of phosphoric ester groups is 1. The first-order valence-electron chi connectivity index (χ1n) is 10.3. The van der Waals surface area contributed by atoms with Gasteiger partial charge in [0.25, 0.3) is 5.56 Å². The minimum atomic E-state index is -5.57. The second-order valence-corrected chi connectivity index (χ2v) is 11.0. The van der Waals surface area contributed by atoms with Gasteiger partial charge in [0.1, 0.15) is 36.7 Å². The zero-order valence-electron chi connectivity index (χ0n) is 18.5. The number of aliphatic hydroxyl groups excluding tert-OH is 5. The van der Waals surface area contributed by atoms with Crippen molar-refractivity contribution < 1.29 is 67.3 Å². The molecule has 18 nitrogen and oxygen atoms in total. The topological polar surface area (TPSA) is 277 Å². The van der Waals surface area contributed by atoms with Crippen molar-refractivity contribution in [3.63, 3.8) is 0 Å². The number of aromatic nitrogens is 2. The molecule has 2 unspecified atom stereocenters. The fourth-order valence-electron chi connectivity index (χ4n) is 3.49. The second-order valence-electron chi connectivity index (χ2n) is 8.03. The zero-order chi connectivity index (χ0) is 27.0. The molecule has 0 aromatic carbocycles. The van der Waals surface area contributed by atoms with Gasteiger partial charge >= 0.3 is 21.3 Å². The van der Waals surface area contributed by atoms with Crippen LogP contribution in [-0.2, 0) is 32.0 Å². The molecule has 1 aromatic rings. The summed E-state index contributed by atoms with van der Waals surface area (Å²) in [5.74, 6) is 0. The maximum absolute atomic E-state index is 13.0. The van der Waals surface area contributed by atoms with E-state index in [1.807, 2.05) is 0 Å². The van der Waals surface area contributed by atoms with Crippen LogP contribution < -0.4 is 11.2 Å². The van der Waals surface area contributed by atoms with Gasteiger partial charge < -0.3 is 44.8 Å². The summed E-state index contributed by atoms with van der Waals surface area (Å²) in [7, 11) is -10.9. The summed E-state index contributed by atoms with van der Waals surface area (Å²) in [6.45, 7) is -0.349. The lowest BCUT2D eigenvalue weighted by Gasteiger charge is -2.40. The molecule has 0 bridgehead atoms. The standard InChI is InChI=1S/C16H26N2O16P2/c1-6-3-18(16(25)17-14(6)24)10-2-7(20)9(31-10)5-30-36(29,34-35(26,27)28)33-15-13(23)12(22)11(21)8(4-19)32-15/h3,7-13,15,19-23H,2,4-5H2,1H3,(H,17,24,25)(H2,26,27,28)/t7?,8-,9-,10-,11+,12+,13-,15+,36?/m1/s1. The average Bonchev–Trinajstić information content (AvgIpc) is 3.14. The average molecular weight is 564 g/mol. The van der Waals surface area contributed by atoms with E-state index in [-0.39, 0.29) is 12.0 Å². The zero-order valence-corrected chi connectivity index (χ0v) is 20.3. The van der Waals surface area contributed by atoms with Crippen LogP contribution in [0.5, 0.6) is 0 Å². The van der Waals surface area contributed by atoms with Gasteiger partial charge in [0.2, 0.25) is 0 Å². The van der Waals surface area contributed by atoms with Crippen molar-refractivity contribution >= 4 is 15.6 Å². The van der Waals surface area contributed by atoms with Crippen LogP contribution in [0.1, 0.15) is 18.2 Å². The number of ether oxygens (including phenoxy) is 2. The van der Waals surface area contributed by atoms with Gasteiger partial charge in [-0.15, -0.1) is 0 Å². The molecule has 20 heteroatoms. The first-order chi connectivity index (χ1) is 16.6. The van der Waals surface area contributed by atoms with E-state index >= 15 is 0 Å². The Labute approximate surface area is 201 Å². The van der Waals surface area contributed by atoms with Gasteiger partial charge in [-0.1, -0.05) is 0 Å². The highest BCUT2D eigenvalue weighted by molar-refractivity contribution is 7.61. The first-order valence-corrected chi connectivity index (χ1v) is 13.3. The van der Waals surface area contributed by atoms with Crippen LogP contribution in [0.25, 0.3) is 0 Å². The number of nitrogens with zero attached hydrogens (tertiary/aromatic N) is 1. The number of aromatic amines is 1. The fourth-order valence-corrected chi connectivity index (χ4v) is 5.69. The maximum Gasteiger partial charge on any atom is 0.486 e. The highest BCUT2D eigenvalue weighted by Gasteiger charge is 2.49. The molecule has 8 N–H and O–H groups in total. The number of H-pyrrole nitrogens is 1. The second kappa shape index (κ2) is 11.2. The monoisotopic (exact) mass is 564 g/mol. The predicted molar refractivity (Wildman–Crippen MR) is 112 cm³/mol. The molecule has 2 aliphatic heterocycles. The van der Waals surface area contributed by atoms with E-state index in [1.165, 1.54) is 13.1 Å². The molecule has 9 atom stereocenters. The van der Waals surface area contributed by atoms with Gasteiger partial charge in [0.05, 0.1) is 19.3 Å². The lowest BCUT2D eigenvalue weighted by Crippen LogP contribution is -2.59. The summed E-state index contributed by atoms with van der Waals surface area (Å²) in [6, 6.07) is 0. The van der Waals surface area contributed by atoms with E-state index in [0.717, 1.165) is 4.57 Å². The highest BCUT2D eigenvalue weighted by atomic mass is 31.3. The van der Waals surface area contributed by atoms with E-state index in [4.69, 9.17) is 28.3 Å². The van der Waals surface area contributed by atoms with Gasteiger partial charge in [0.15, 0.2) is 6.29 Å². The van der Waals surface area contributed by atoms with E-state index in [9.17, 15) is 44.3 Å². The third-order valence-electron chi connectivity index (χ3n) is 5.35. The molecule has 0 spiro atoms. The molecule has 1 aromatic heterocycles. The number of hydrogen-bond acceptors (Lipinski definition) is 14. The van der Waals surface area contributed by atoms with Crippen molar-refractivity contribution in [1.29, 1.82) is 0 Å². The summed E-state index contributed by atoms with van der Waals surface area (Å²) in [4.78, 5) is 43.9. The number of phosphoric acid groups is 2. The van der Waals surface area contributed by atoms with Crippen LogP contribution >= 0.6 is 15.6 Å². The van der Waals surface area contributed by atoms with E-state index in [0.29, 0.717) is 0 Å². The lowest BCUT2D eigenvalue weighted by atomic mass is 10.00. The minimum Gasteiger partial charge on any atom is -0.394 e. The van der Waals surface area contributed by atoms with Crippen LogP contribution in [0.3, 0.4) is 0 Å². The molecular formula is C16H26N2O16P2. The van der Waals surface area contributed by atoms with Crippen LogP contribution in [-0.4, -0.2) is 101 Å². The van der Waals surface area contributed by atoms with Gasteiger partial charge in [0, 0.05) is 18.2 Å². The third-order valence-corrected chi connectivity index (χ3v) is 7.93. The summed E-state index contributed by atoms with van der Waals surface area (Å²) >= 11 is 0. The molecule has 2 aliphatic rings. The SMILES string of the molecule is Cc1cn([C@H]2CC(O)[C@@H](COP(=O)(O[C@@H]3O[C@H](CO)[C@H](O)[C@H](O)[C@H]3O)OP(=O)(O)O)O2)c(=O)[nH]c1=O. The Bertz CT molecular complexity index is 1130. The van der Waals surface area contributed by atoms with Crippen molar-refractivity contribution in [1.82, 2.24) is 9.55 Å². The van der Waals surface area contributed by atoms with Crippen LogP contribution in [0.2, 0.25) is 0 Å². The Morgan fingerprint density at radius 2 is 1.75 bits per heavy atom. The van der Waals surface area contributed by atoms with Crippen molar-refractivity contribution in [2.45, 2.75) is 62.5 Å². The molecule has 0 amide bonds. The van der Waals surface area contributed by atoms with Crippen molar-refractivity contribution in [3.05, 3.63) is 32.6 Å². The molecular weight excluding hydrogens is 538 g/mol. The summed E-state index contributed by atoms with van der Waals surface area (Å²) in [6.07, 6.45) is -12.4. The molecule has 3 rings (SSSR count). The lowest BCUT2D eigenvalue weighted by molar-refractivity contribution is -0.281. The molecule has 3 heterocycles. The van der Waals surface area contributed by atoms with Crippen LogP contribution in [0.4, 0.5) is 0 Å². The fraction of sp³-hybridized carbons (Fsp3) is 0.750. The van der Waals surface area contributed by atoms with Gasteiger partial charge in [-0.05, 0) is 6.92 Å². The first kappa shape index (κ1) is 29.2. The number of nitrogens with one attached hydrogen (secondary N) is 1. The quantitative estimate of drug-likeness (QED) is 0.135. The Hall–Kier alpha value is -1.34. The van der Waals surface area contributed by atoms with E-state index < -0.39 is 89.2 Å². The molecule has 2 saturated heterocycles. The summed E-state index contributed by atoms with van der Waals surface area (Å²) in [5.41, 5.74) is -1.30. The van der Waals surface area contributed by atoms with E-state index in [1.54, 1.807) is 0 Å². The minimum absolute atomic E-state index is 0.167. The Kier molecular flexibility index (Phi) is 9.08. The summed E-state index contributed by atoms with van der Waals surface area (Å²) in [5, 5.41) is 49.2. The molecule has 2 fully saturated rings. The van der Waals surface area contributed by atoms with Gasteiger partial charge in [-0.3, -0.25) is 23.4 Å². The largest absolute Gasteiger partial charge is 0.486 e. The number of aryl methyl sites for hydroxylation is 1. The van der Waals surface area contributed by atoms with Crippen molar-refractivity contribution in [3.8, 4) is 0 Å². The normalized spacial score (nSPS) is 35.0. The molecule has 36 heavy (non-hydrogen) atoms. The maximum atomic E-state index is 13.0. The Morgan fingerprint density at radius 3 is 2.36 bits per heavy atom. The predicted octanol–water partition coefficient (Wildman–Crippen LogP) is -3.46. The highest BCUT2D eigenvalue weighted by Crippen LogP contribution is 2.62. The molecule has 0 aliphatic carbocycles. The Balaban J connectivity index is 1.75. The molecule has 0 radical (unpaired) electrons. The van der Waals surface area contributed by atoms with Crippen LogP contribution in [0.15, 0.2) is 15.8 Å². The van der Waals surface area contributed by atoms with Gasteiger partial charge in [-0.25, -0.2) is 13.9 Å². The van der Waals surface area contributed by atoms with Crippen molar-refractivity contribution in [2.24, 2.45) is 0 Å². The van der Waals surface area contributed by atoms with Crippen LogP contribution in [0, 0.1) is 6.92 Å². The van der Waals surface area contributed by atoms with Crippen molar-refractivity contribution in [2.75, 3.05) is 13.2 Å². The van der Waals surface area contributed by atoms with E-state index in [2.05, 4.69) is 9.29 Å². The molecule has 206 valence electrons. The van der Waals surface area contributed by atoms with Gasteiger partial charge in [-0.2, -0.15) is 4.31 Å². The number of rotatable bonds is 9. The number of hydrogen-bond donors (Lipinski definition) is 8. The smallest absolute Gasteiger partial charge is 0.394 e. The summed E-state index contributed by atoms with van der Waals surface area (Å²) < 4.78 is 49.6. The molecule has 0 saturated carbocycles. The third kappa shape index (κ3) is 6.75. The Morgan fingerprint density at radius 1 is 1.08 bits per heavy atom.